The maximum Gasteiger partial charge on any atom is 0.258 e. The molecular weight excluding hydrogens is 226 g/mol. The van der Waals surface area contributed by atoms with E-state index in [2.05, 4.69) is 4.37 Å². The lowest BCUT2D eigenvalue weighted by Crippen LogP contribution is -2.30. The highest BCUT2D eigenvalue weighted by molar-refractivity contribution is 7.06. The number of amides is 2. The molecule has 0 bridgehead atoms. The second-order valence-electron chi connectivity index (χ2n) is 3.94. The Morgan fingerprint density at radius 2 is 2.12 bits per heavy atom. The number of carbonyl (C=O) groups is 2. The zero-order valence-electron chi connectivity index (χ0n) is 9.48. The highest BCUT2D eigenvalue weighted by atomic mass is 32.1. The van der Waals surface area contributed by atoms with Gasteiger partial charge in [-0.2, -0.15) is 4.37 Å². The quantitative estimate of drug-likeness (QED) is 0.722. The Hall–Kier alpha value is -1.43. The molecule has 0 spiro atoms. The van der Waals surface area contributed by atoms with Crippen molar-refractivity contribution in [2.75, 3.05) is 20.3 Å². The molecule has 2 rings (SSSR count). The van der Waals surface area contributed by atoms with E-state index in [1.807, 2.05) is 13.8 Å². The van der Waals surface area contributed by atoms with Crippen molar-refractivity contribution in [1.29, 1.82) is 0 Å². The van der Waals surface area contributed by atoms with Gasteiger partial charge < -0.3 is 9.80 Å². The van der Waals surface area contributed by atoms with Crippen LogP contribution in [0.2, 0.25) is 0 Å². The van der Waals surface area contributed by atoms with Crippen LogP contribution in [-0.2, 0) is 4.79 Å². The third kappa shape index (κ3) is 1.69. The number of carbonyl (C=O) groups excluding carboxylic acids is 2. The van der Waals surface area contributed by atoms with E-state index in [1.54, 1.807) is 16.8 Å². The van der Waals surface area contributed by atoms with Gasteiger partial charge in [0.2, 0.25) is 5.91 Å². The molecule has 86 valence electrons. The number of hydrogen-bond acceptors (Lipinski definition) is 4. The van der Waals surface area contributed by atoms with Crippen LogP contribution in [0.25, 0.3) is 0 Å². The minimum atomic E-state index is -0.0959. The average molecular weight is 239 g/mol. The van der Waals surface area contributed by atoms with Gasteiger partial charge in [-0.3, -0.25) is 9.59 Å². The van der Waals surface area contributed by atoms with Crippen LogP contribution in [0, 0.1) is 13.8 Å². The zero-order chi connectivity index (χ0) is 11.9. The molecule has 1 aliphatic rings. The SMILES string of the molecule is Cc1nsc(C)c1C(=O)N1CC(=O)N(C)C1. The summed E-state index contributed by atoms with van der Waals surface area (Å²) >= 11 is 1.32. The summed E-state index contributed by atoms with van der Waals surface area (Å²) in [6, 6.07) is 0. The van der Waals surface area contributed by atoms with Crippen molar-refractivity contribution in [1.82, 2.24) is 14.2 Å². The fourth-order valence-electron chi connectivity index (χ4n) is 1.75. The number of hydrogen-bond donors (Lipinski definition) is 0. The lowest BCUT2D eigenvalue weighted by Gasteiger charge is -2.15. The van der Waals surface area contributed by atoms with E-state index in [4.69, 9.17) is 0 Å². The monoisotopic (exact) mass is 239 g/mol. The van der Waals surface area contributed by atoms with Gasteiger partial charge in [-0.1, -0.05) is 0 Å². The van der Waals surface area contributed by atoms with E-state index >= 15 is 0 Å². The number of likely N-dealkylation sites (N-methyl/N-ethyl adjacent to an activating group) is 1. The Bertz CT molecular complexity index is 435. The van der Waals surface area contributed by atoms with Crippen molar-refractivity contribution in [3.8, 4) is 0 Å². The predicted octanol–water partition coefficient (Wildman–Crippen LogP) is 0.632. The summed E-state index contributed by atoms with van der Waals surface area (Å²) in [6.45, 7) is 4.23. The van der Waals surface area contributed by atoms with Gasteiger partial charge >= 0.3 is 0 Å². The Morgan fingerprint density at radius 3 is 2.56 bits per heavy atom. The van der Waals surface area contributed by atoms with Crippen LogP contribution in [0.5, 0.6) is 0 Å². The first-order chi connectivity index (χ1) is 7.50. The van der Waals surface area contributed by atoms with Crippen LogP contribution < -0.4 is 0 Å². The van der Waals surface area contributed by atoms with Crippen molar-refractivity contribution >= 4 is 23.3 Å². The van der Waals surface area contributed by atoms with E-state index in [9.17, 15) is 9.59 Å². The van der Waals surface area contributed by atoms with Gasteiger partial charge in [0.05, 0.1) is 17.9 Å². The maximum atomic E-state index is 12.2. The third-order valence-electron chi connectivity index (χ3n) is 2.67. The fourth-order valence-corrected chi connectivity index (χ4v) is 2.44. The van der Waals surface area contributed by atoms with E-state index in [1.165, 1.54) is 11.5 Å². The van der Waals surface area contributed by atoms with Gasteiger partial charge in [-0.15, -0.1) is 0 Å². The summed E-state index contributed by atoms with van der Waals surface area (Å²) in [7, 11) is 1.70. The minimum absolute atomic E-state index is 0.0214. The van der Waals surface area contributed by atoms with E-state index in [0.29, 0.717) is 12.2 Å². The Balaban J connectivity index is 2.24. The van der Waals surface area contributed by atoms with Crippen LogP contribution >= 0.6 is 11.5 Å². The summed E-state index contributed by atoms with van der Waals surface area (Å²) in [6.07, 6.45) is 0. The largest absolute Gasteiger partial charge is 0.326 e. The standard InChI is InChI=1S/C10H13N3O2S/c1-6-9(7(2)16-11-6)10(15)13-4-8(14)12(3)5-13/h4-5H2,1-3H3. The summed E-state index contributed by atoms with van der Waals surface area (Å²) in [5.74, 6) is -0.117. The molecule has 0 aliphatic carbocycles. The molecule has 1 fully saturated rings. The maximum absolute atomic E-state index is 12.2. The second-order valence-corrected chi connectivity index (χ2v) is 4.91. The molecule has 0 radical (unpaired) electrons. The molecule has 16 heavy (non-hydrogen) atoms. The lowest BCUT2D eigenvalue weighted by molar-refractivity contribution is -0.125. The van der Waals surface area contributed by atoms with Crippen molar-refractivity contribution < 1.29 is 9.59 Å². The summed E-state index contributed by atoms with van der Waals surface area (Å²) in [5.41, 5.74) is 1.39. The number of nitrogens with zero attached hydrogens (tertiary/aromatic N) is 3. The Kier molecular flexibility index (Phi) is 2.67. The molecule has 0 N–H and O–H groups in total. The molecule has 0 saturated carbocycles. The topological polar surface area (TPSA) is 53.5 Å². The second kappa shape index (κ2) is 3.86. The molecular formula is C10H13N3O2S. The first-order valence-electron chi connectivity index (χ1n) is 4.97. The molecule has 0 aromatic carbocycles. The fraction of sp³-hybridized carbons (Fsp3) is 0.500. The van der Waals surface area contributed by atoms with Crippen LogP contribution in [0.15, 0.2) is 0 Å². The predicted molar refractivity (Wildman–Crippen MR) is 60.3 cm³/mol. The van der Waals surface area contributed by atoms with E-state index in [-0.39, 0.29) is 18.4 Å². The minimum Gasteiger partial charge on any atom is -0.326 e. The molecule has 0 unspecified atom stereocenters. The van der Waals surface area contributed by atoms with Gasteiger partial charge in [-0.25, -0.2) is 0 Å². The van der Waals surface area contributed by atoms with Crippen LogP contribution in [-0.4, -0.2) is 46.2 Å². The molecule has 0 atom stereocenters. The smallest absolute Gasteiger partial charge is 0.258 e. The molecule has 5 nitrogen and oxygen atoms in total. The van der Waals surface area contributed by atoms with Crippen molar-refractivity contribution in [2.45, 2.75) is 13.8 Å². The molecule has 1 aromatic heterocycles. The van der Waals surface area contributed by atoms with Crippen molar-refractivity contribution in [3.63, 3.8) is 0 Å². The normalized spacial score (nSPS) is 16.1. The molecule has 1 saturated heterocycles. The van der Waals surface area contributed by atoms with E-state index in [0.717, 1.165) is 10.6 Å². The van der Waals surface area contributed by atoms with Crippen LogP contribution in [0.4, 0.5) is 0 Å². The Morgan fingerprint density at radius 1 is 1.44 bits per heavy atom. The summed E-state index contributed by atoms with van der Waals surface area (Å²) in [5, 5.41) is 0. The van der Waals surface area contributed by atoms with Gasteiger partial charge in [-0.05, 0) is 25.4 Å². The molecule has 2 heterocycles. The van der Waals surface area contributed by atoms with E-state index < -0.39 is 0 Å². The number of aryl methyl sites for hydroxylation is 2. The third-order valence-corrected chi connectivity index (χ3v) is 3.51. The molecule has 2 amide bonds. The van der Waals surface area contributed by atoms with Gasteiger partial charge in [0.15, 0.2) is 0 Å². The first-order valence-corrected chi connectivity index (χ1v) is 5.74. The highest BCUT2D eigenvalue weighted by Gasteiger charge is 2.30. The summed E-state index contributed by atoms with van der Waals surface area (Å²) < 4.78 is 4.14. The van der Waals surface area contributed by atoms with Gasteiger partial charge in [0, 0.05) is 11.9 Å². The average Bonchev–Trinajstić information content (AvgIpc) is 2.72. The molecule has 6 heteroatoms. The van der Waals surface area contributed by atoms with Crippen LogP contribution in [0.3, 0.4) is 0 Å². The van der Waals surface area contributed by atoms with Crippen molar-refractivity contribution in [2.24, 2.45) is 0 Å². The van der Waals surface area contributed by atoms with Crippen LogP contribution in [0.1, 0.15) is 20.9 Å². The first kappa shape index (κ1) is 11.1. The molecule has 1 aliphatic heterocycles. The molecule has 1 aromatic rings. The van der Waals surface area contributed by atoms with Gasteiger partial charge in [0.25, 0.3) is 5.91 Å². The number of aromatic nitrogens is 1. The Labute approximate surface area is 97.8 Å². The highest BCUT2D eigenvalue weighted by Crippen LogP contribution is 2.20. The van der Waals surface area contributed by atoms with Crippen molar-refractivity contribution in [3.05, 3.63) is 16.1 Å². The number of rotatable bonds is 1. The summed E-state index contributed by atoms with van der Waals surface area (Å²) in [4.78, 5) is 27.5. The van der Waals surface area contributed by atoms with Gasteiger partial charge in [0.1, 0.15) is 6.54 Å². The zero-order valence-corrected chi connectivity index (χ0v) is 10.3. The lowest BCUT2D eigenvalue weighted by atomic mass is 10.2.